The lowest BCUT2D eigenvalue weighted by Crippen LogP contribution is -2.50. The molecule has 0 saturated heterocycles. The molecular weight excluding hydrogens is 496 g/mol. The number of hydrogen-bond acceptors (Lipinski definition) is 5. The van der Waals surface area contributed by atoms with Crippen molar-refractivity contribution in [2.45, 2.75) is 130 Å². The molecule has 1 rings (SSSR count). The molecule has 1 aromatic carbocycles. The summed E-state index contributed by atoms with van der Waals surface area (Å²) in [6, 6.07) is 7.97. The molecular formula is C30H58O5Si2. The van der Waals surface area contributed by atoms with Gasteiger partial charge in [-0.25, -0.2) is 0 Å². The van der Waals surface area contributed by atoms with Crippen molar-refractivity contribution in [3.05, 3.63) is 29.8 Å². The number of hydrogen-bond donors (Lipinski definition) is 1. The van der Waals surface area contributed by atoms with Crippen molar-refractivity contribution in [3.63, 3.8) is 0 Å². The van der Waals surface area contributed by atoms with E-state index in [1.165, 1.54) is 0 Å². The number of ether oxygens (including phenoxy) is 2. The van der Waals surface area contributed by atoms with E-state index < -0.39 is 16.6 Å². The largest absolute Gasteiger partial charge is 0.497 e. The van der Waals surface area contributed by atoms with Crippen LogP contribution in [0.25, 0.3) is 0 Å². The molecule has 1 N–H and O–H groups in total. The SMILES string of the molecule is COc1ccc(CO[C@H]([C@H](C)[C@H](C[C@@H](C)O[Si](C)(C)C(C)(C)C)O[Si](C)(C)C(C)(C)C)[C@@H](C)CO)cc1. The molecule has 0 bridgehead atoms. The first-order valence-corrected chi connectivity index (χ1v) is 19.8. The molecule has 0 heterocycles. The maximum absolute atomic E-state index is 10.1. The summed E-state index contributed by atoms with van der Waals surface area (Å²) in [5.74, 6) is 0.895. The predicted octanol–water partition coefficient (Wildman–Crippen LogP) is 8.04. The van der Waals surface area contributed by atoms with Crippen LogP contribution in [0.1, 0.15) is 74.3 Å². The molecule has 0 aliphatic rings. The van der Waals surface area contributed by atoms with Crippen LogP contribution < -0.4 is 4.74 Å². The highest BCUT2D eigenvalue weighted by molar-refractivity contribution is 6.74. The van der Waals surface area contributed by atoms with Gasteiger partial charge in [0.2, 0.25) is 0 Å². The van der Waals surface area contributed by atoms with Crippen molar-refractivity contribution in [1.82, 2.24) is 0 Å². The first-order valence-electron chi connectivity index (χ1n) is 14.0. The predicted molar refractivity (Wildman–Crippen MR) is 161 cm³/mol. The Labute approximate surface area is 230 Å². The summed E-state index contributed by atoms with van der Waals surface area (Å²) >= 11 is 0. The van der Waals surface area contributed by atoms with E-state index in [1.54, 1.807) is 7.11 Å². The Morgan fingerprint density at radius 2 is 1.30 bits per heavy atom. The summed E-state index contributed by atoms with van der Waals surface area (Å²) in [5.41, 5.74) is 1.08. The van der Waals surface area contributed by atoms with Crippen molar-refractivity contribution < 1.29 is 23.4 Å². The molecule has 0 fully saturated rings. The summed E-state index contributed by atoms with van der Waals surface area (Å²) in [6.45, 7) is 30.0. The Bertz CT molecular complexity index is 796. The van der Waals surface area contributed by atoms with Gasteiger partial charge in [-0.1, -0.05) is 67.5 Å². The lowest BCUT2D eigenvalue weighted by Gasteiger charge is -2.45. The molecule has 0 aromatic heterocycles. The summed E-state index contributed by atoms with van der Waals surface area (Å²) in [6.07, 6.45) is 0.697. The van der Waals surface area contributed by atoms with Gasteiger partial charge in [-0.05, 0) is 67.3 Å². The molecule has 0 amide bonds. The maximum Gasteiger partial charge on any atom is 0.192 e. The van der Waals surface area contributed by atoms with E-state index in [0.29, 0.717) is 6.61 Å². The maximum atomic E-state index is 10.1. The van der Waals surface area contributed by atoms with E-state index in [1.807, 2.05) is 24.3 Å². The summed E-state index contributed by atoms with van der Waals surface area (Å²) < 4.78 is 25.7. The second kappa shape index (κ2) is 13.6. The summed E-state index contributed by atoms with van der Waals surface area (Å²) in [4.78, 5) is 0. The number of rotatable bonds is 14. The Kier molecular flexibility index (Phi) is 12.6. The Morgan fingerprint density at radius 3 is 1.73 bits per heavy atom. The van der Waals surface area contributed by atoms with E-state index in [9.17, 15) is 5.11 Å². The van der Waals surface area contributed by atoms with E-state index in [2.05, 4.69) is 88.5 Å². The lowest BCUT2D eigenvalue weighted by molar-refractivity contribution is -0.0774. The van der Waals surface area contributed by atoms with Crippen LogP contribution in [0.5, 0.6) is 5.75 Å². The molecule has 1 aromatic rings. The highest BCUT2D eigenvalue weighted by atomic mass is 28.4. The van der Waals surface area contributed by atoms with E-state index in [0.717, 1.165) is 17.7 Å². The standard InChI is InChI=1S/C30H58O5Si2/c1-22(20-31)28(33-21-25-15-17-26(32-10)18-16-25)24(3)27(35-37(13,14)30(7,8)9)19-23(2)34-36(11,12)29(4,5)6/h15-18,22-24,27-28,31H,19-21H2,1-14H3/t22-,23+,24+,27-,28-/m0/s1. The van der Waals surface area contributed by atoms with Crippen molar-refractivity contribution in [3.8, 4) is 5.75 Å². The fourth-order valence-corrected chi connectivity index (χ4v) is 6.92. The molecule has 216 valence electrons. The molecule has 7 heteroatoms. The molecule has 5 nitrogen and oxygen atoms in total. The zero-order chi connectivity index (χ0) is 28.8. The fraction of sp³-hybridized carbons (Fsp3) is 0.800. The Balaban J connectivity index is 3.22. The molecule has 0 aliphatic heterocycles. The van der Waals surface area contributed by atoms with Crippen LogP contribution in [0.2, 0.25) is 36.3 Å². The molecule has 0 saturated carbocycles. The summed E-state index contributed by atoms with van der Waals surface area (Å²) in [5, 5.41) is 10.4. The van der Waals surface area contributed by atoms with Crippen LogP contribution in [0, 0.1) is 11.8 Å². The minimum absolute atomic E-state index is 0.0182. The Morgan fingerprint density at radius 1 is 0.811 bits per heavy atom. The van der Waals surface area contributed by atoms with Gasteiger partial charge in [0, 0.05) is 24.5 Å². The van der Waals surface area contributed by atoms with Crippen molar-refractivity contribution >= 4 is 16.6 Å². The third-order valence-electron chi connectivity index (χ3n) is 8.67. The first kappa shape index (κ1) is 34.3. The van der Waals surface area contributed by atoms with Gasteiger partial charge >= 0.3 is 0 Å². The average molecular weight is 555 g/mol. The number of methoxy groups -OCH3 is 1. The quantitative estimate of drug-likeness (QED) is 0.236. The second-order valence-electron chi connectivity index (χ2n) is 14.0. The van der Waals surface area contributed by atoms with Crippen molar-refractivity contribution in [2.75, 3.05) is 13.7 Å². The molecule has 37 heavy (non-hydrogen) atoms. The average Bonchev–Trinajstić information content (AvgIpc) is 2.76. The third-order valence-corrected chi connectivity index (χ3v) is 17.8. The van der Waals surface area contributed by atoms with Gasteiger partial charge in [-0.15, -0.1) is 0 Å². The van der Waals surface area contributed by atoms with Gasteiger partial charge in [-0.2, -0.15) is 0 Å². The molecule has 0 unspecified atom stereocenters. The van der Waals surface area contributed by atoms with Gasteiger partial charge in [0.15, 0.2) is 16.6 Å². The highest BCUT2D eigenvalue weighted by Crippen LogP contribution is 2.41. The molecule has 5 atom stereocenters. The third kappa shape index (κ3) is 10.1. The number of aliphatic hydroxyl groups is 1. The zero-order valence-electron chi connectivity index (χ0n) is 26.4. The number of aliphatic hydroxyl groups excluding tert-OH is 1. The molecule has 0 aliphatic carbocycles. The van der Waals surface area contributed by atoms with E-state index >= 15 is 0 Å². The normalized spacial score (nSPS) is 17.7. The van der Waals surface area contributed by atoms with Crippen LogP contribution >= 0.6 is 0 Å². The Hall–Kier alpha value is -0.706. The summed E-state index contributed by atoms with van der Waals surface area (Å²) in [7, 11) is -2.30. The molecule has 0 radical (unpaired) electrons. The second-order valence-corrected chi connectivity index (χ2v) is 23.5. The van der Waals surface area contributed by atoms with Crippen LogP contribution in [0.4, 0.5) is 0 Å². The van der Waals surface area contributed by atoms with E-state index in [4.69, 9.17) is 18.3 Å². The van der Waals surface area contributed by atoms with Gasteiger partial charge < -0.3 is 23.4 Å². The lowest BCUT2D eigenvalue weighted by atomic mass is 9.87. The minimum Gasteiger partial charge on any atom is -0.497 e. The van der Waals surface area contributed by atoms with Gasteiger partial charge in [-0.3, -0.25) is 0 Å². The van der Waals surface area contributed by atoms with E-state index in [-0.39, 0.29) is 46.8 Å². The van der Waals surface area contributed by atoms with Crippen molar-refractivity contribution in [1.29, 1.82) is 0 Å². The minimum atomic E-state index is -2.06. The van der Waals surface area contributed by atoms with Gasteiger partial charge in [0.05, 0.1) is 25.9 Å². The highest BCUT2D eigenvalue weighted by Gasteiger charge is 2.44. The number of benzene rings is 1. The van der Waals surface area contributed by atoms with Crippen LogP contribution in [-0.2, 0) is 20.2 Å². The zero-order valence-corrected chi connectivity index (χ0v) is 28.4. The topological polar surface area (TPSA) is 57.2 Å². The van der Waals surface area contributed by atoms with Crippen LogP contribution in [0.15, 0.2) is 24.3 Å². The molecule has 0 spiro atoms. The van der Waals surface area contributed by atoms with Gasteiger partial charge in [0.1, 0.15) is 5.75 Å². The monoisotopic (exact) mass is 554 g/mol. The smallest absolute Gasteiger partial charge is 0.192 e. The fourth-order valence-electron chi connectivity index (χ4n) is 4.04. The van der Waals surface area contributed by atoms with Crippen molar-refractivity contribution in [2.24, 2.45) is 11.8 Å². The first-order chi connectivity index (χ1) is 16.8. The van der Waals surface area contributed by atoms with Gasteiger partial charge in [0.25, 0.3) is 0 Å². The van der Waals surface area contributed by atoms with Crippen LogP contribution in [0.3, 0.4) is 0 Å². The van der Waals surface area contributed by atoms with Crippen LogP contribution in [-0.4, -0.2) is 53.8 Å².